The van der Waals surface area contributed by atoms with E-state index in [-0.39, 0.29) is 17.4 Å². The molecule has 1 aromatic heterocycles. The first kappa shape index (κ1) is 29.0. The predicted molar refractivity (Wildman–Crippen MR) is 137 cm³/mol. The molecule has 0 radical (unpaired) electrons. The highest BCUT2D eigenvalue weighted by molar-refractivity contribution is 5.86. The van der Waals surface area contributed by atoms with Crippen molar-refractivity contribution in [2.75, 3.05) is 13.7 Å². The van der Waals surface area contributed by atoms with E-state index in [0.717, 1.165) is 5.06 Å². The van der Waals surface area contributed by atoms with Crippen molar-refractivity contribution >= 4 is 17.6 Å². The Morgan fingerprint density at radius 1 is 1.14 bits per heavy atom. The molecule has 2 aromatic carbocycles. The third-order valence-corrected chi connectivity index (χ3v) is 6.73. The Balaban J connectivity index is 1.52. The third-order valence-electron chi connectivity index (χ3n) is 6.73. The van der Waals surface area contributed by atoms with Gasteiger partial charge < -0.3 is 14.3 Å². The van der Waals surface area contributed by atoms with Crippen LogP contribution >= 0.6 is 0 Å². The molecule has 2 aliphatic heterocycles. The number of hydrazine groups is 1. The number of benzene rings is 2. The predicted octanol–water partition coefficient (Wildman–Crippen LogP) is 4.61. The maximum Gasteiger partial charge on any atom is 0.493 e. The molecule has 5 rings (SSSR count). The van der Waals surface area contributed by atoms with Gasteiger partial charge in [-0.3, -0.25) is 5.43 Å². The summed E-state index contributed by atoms with van der Waals surface area (Å²) < 4.78 is 76.7. The number of alkyl halides is 5. The molecule has 224 valence electrons. The van der Waals surface area contributed by atoms with Crippen molar-refractivity contribution in [2.45, 2.75) is 51.1 Å². The number of aromatic nitrogens is 3. The van der Waals surface area contributed by atoms with Crippen LogP contribution in [0.15, 0.2) is 53.8 Å². The first-order chi connectivity index (χ1) is 20.0. The quantitative estimate of drug-likeness (QED) is 0.392. The van der Waals surface area contributed by atoms with Crippen LogP contribution in [-0.4, -0.2) is 69.4 Å². The van der Waals surface area contributed by atoms with E-state index in [9.17, 15) is 26.7 Å². The molecule has 3 aromatic rings. The minimum absolute atomic E-state index is 0.0650. The second kappa shape index (κ2) is 11.8. The lowest BCUT2D eigenvalue weighted by atomic mass is 9.91. The number of hydroxylamine groups is 2. The Bertz CT molecular complexity index is 1450. The van der Waals surface area contributed by atoms with Crippen molar-refractivity contribution in [2.24, 2.45) is 4.99 Å². The number of hydrogen-bond acceptors (Lipinski definition) is 8. The number of hydrogen-bond donors (Lipinski definition) is 1. The van der Waals surface area contributed by atoms with E-state index >= 15 is 0 Å². The van der Waals surface area contributed by atoms with E-state index in [1.807, 2.05) is 0 Å². The molecule has 0 bridgehead atoms. The topological polar surface area (TPSA) is 106 Å². The van der Waals surface area contributed by atoms with Crippen LogP contribution in [0.25, 0.3) is 5.69 Å². The molecule has 3 heterocycles. The molecular formula is C26H26F5N7O4. The van der Waals surface area contributed by atoms with Gasteiger partial charge in [0.2, 0.25) is 5.96 Å². The largest absolute Gasteiger partial charge is 0.494 e. The van der Waals surface area contributed by atoms with Gasteiger partial charge >= 0.3 is 18.8 Å². The molecule has 0 amide bonds. The van der Waals surface area contributed by atoms with Crippen LogP contribution in [-0.2, 0) is 9.63 Å². The molecule has 11 nitrogen and oxygen atoms in total. The van der Waals surface area contributed by atoms with Gasteiger partial charge in [-0.1, -0.05) is 18.6 Å². The lowest BCUT2D eigenvalue weighted by Crippen LogP contribution is -2.46. The van der Waals surface area contributed by atoms with Gasteiger partial charge in [0.1, 0.15) is 35.5 Å². The fourth-order valence-electron chi connectivity index (χ4n) is 4.92. The highest BCUT2D eigenvalue weighted by Crippen LogP contribution is 2.38. The molecule has 2 aliphatic rings. The number of fused-ring (bicyclic) bond motifs is 1. The zero-order valence-corrected chi connectivity index (χ0v) is 22.4. The van der Waals surface area contributed by atoms with Crippen molar-refractivity contribution < 1.29 is 41.1 Å². The highest BCUT2D eigenvalue weighted by atomic mass is 19.4. The molecule has 2 saturated heterocycles. The van der Waals surface area contributed by atoms with E-state index in [1.54, 1.807) is 42.3 Å². The number of nitrogens with one attached hydrogen (secondary N) is 1. The van der Waals surface area contributed by atoms with Crippen LogP contribution in [0.2, 0.25) is 0 Å². The minimum atomic E-state index is -5.27. The fourth-order valence-corrected chi connectivity index (χ4v) is 4.92. The van der Waals surface area contributed by atoms with Crippen molar-refractivity contribution in [1.82, 2.24) is 30.3 Å². The first-order valence-electron chi connectivity index (χ1n) is 12.9. The Labute approximate surface area is 236 Å². The van der Waals surface area contributed by atoms with Crippen LogP contribution in [0.4, 0.5) is 27.6 Å². The lowest BCUT2D eigenvalue weighted by molar-refractivity contribution is -0.234. The van der Waals surface area contributed by atoms with Gasteiger partial charge in [0.15, 0.2) is 0 Å². The summed E-state index contributed by atoms with van der Waals surface area (Å²) in [5.74, 6) is -2.24. The zero-order valence-electron chi connectivity index (χ0n) is 22.4. The number of guanidine groups is 1. The van der Waals surface area contributed by atoms with E-state index in [1.165, 1.54) is 30.3 Å². The highest BCUT2D eigenvalue weighted by Gasteiger charge is 2.50. The number of ether oxygens (including phenoxy) is 2. The van der Waals surface area contributed by atoms with Crippen LogP contribution in [0.5, 0.6) is 11.5 Å². The minimum Gasteiger partial charge on any atom is -0.494 e. The van der Waals surface area contributed by atoms with E-state index in [2.05, 4.69) is 25.2 Å². The van der Waals surface area contributed by atoms with Crippen LogP contribution < -0.4 is 14.9 Å². The molecule has 1 N–H and O–H groups in total. The van der Waals surface area contributed by atoms with Crippen molar-refractivity contribution in [3.05, 3.63) is 60.2 Å². The number of methoxy groups -OCH3 is 1. The summed E-state index contributed by atoms with van der Waals surface area (Å²) in [6, 6.07) is 10.6. The van der Waals surface area contributed by atoms with Gasteiger partial charge in [-0.05, 0) is 49.6 Å². The van der Waals surface area contributed by atoms with E-state index < -0.39 is 30.8 Å². The Morgan fingerprint density at radius 2 is 1.90 bits per heavy atom. The number of aryl methyl sites for hydroxylation is 1. The van der Waals surface area contributed by atoms with Gasteiger partial charge in [-0.25, -0.2) is 19.5 Å². The zero-order chi connectivity index (χ0) is 30.0. The summed E-state index contributed by atoms with van der Waals surface area (Å²) in [6.45, 7) is -0.880. The maximum absolute atomic E-state index is 13.4. The molecule has 0 spiro atoms. The monoisotopic (exact) mass is 595 g/mol. The summed E-state index contributed by atoms with van der Waals surface area (Å²) in [4.78, 5) is 25.5. The Morgan fingerprint density at radius 3 is 2.55 bits per heavy atom. The second-order valence-corrected chi connectivity index (χ2v) is 9.50. The summed E-state index contributed by atoms with van der Waals surface area (Å²) in [7, 11) is 1.44. The molecule has 2 unspecified atom stereocenters. The summed E-state index contributed by atoms with van der Waals surface area (Å²) in [5, 5.41) is 6.72. The third kappa shape index (κ3) is 6.22. The van der Waals surface area contributed by atoms with Crippen molar-refractivity contribution in [3.8, 4) is 17.2 Å². The second-order valence-electron chi connectivity index (χ2n) is 9.50. The van der Waals surface area contributed by atoms with Crippen LogP contribution in [0.3, 0.4) is 0 Å². The molecule has 16 heteroatoms. The molecular weight excluding hydrogens is 569 g/mol. The number of rotatable bonds is 7. The van der Waals surface area contributed by atoms with Gasteiger partial charge in [0, 0.05) is 18.5 Å². The van der Waals surface area contributed by atoms with Crippen molar-refractivity contribution in [3.63, 3.8) is 0 Å². The van der Waals surface area contributed by atoms with Gasteiger partial charge in [0.05, 0.1) is 12.8 Å². The number of carbonyl (C=O) groups excluding carboxylic acids is 1. The number of carbonyl (C=O) groups is 1. The number of halogens is 5. The number of nitrogens with zero attached hydrogens (tertiary/aromatic N) is 6. The van der Waals surface area contributed by atoms with E-state index in [4.69, 9.17) is 9.57 Å². The molecule has 42 heavy (non-hydrogen) atoms. The molecule has 2 atom stereocenters. The summed E-state index contributed by atoms with van der Waals surface area (Å²) in [6.07, 6.45) is -2.80. The lowest BCUT2D eigenvalue weighted by Gasteiger charge is -2.32. The Hall–Kier alpha value is -4.47. The van der Waals surface area contributed by atoms with Crippen LogP contribution in [0.1, 0.15) is 36.6 Å². The van der Waals surface area contributed by atoms with Gasteiger partial charge in [0.25, 0.3) is 0 Å². The average molecular weight is 596 g/mol. The standard InChI is InChI=1S/C26H26F5N7O4/c1-15-32-14-37(34-15)20-11-8-17(13-21(20)40-2)33-25-35-36-12-4-3-5-19(16-6-9-18(10-7-16)41-24(27)28)22(36)38(25)42-23(39)26(29,30)31/h6-11,13-14,19,22,24H,3-5,12H2,1-2H3,(H,33,35). The number of aliphatic imine (C=N–C) groups is 1. The van der Waals surface area contributed by atoms with E-state index in [0.29, 0.717) is 48.6 Å². The van der Waals surface area contributed by atoms with Gasteiger partial charge in [-0.15, -0.1) is 0 Å². The van der Waals surface area contributed by atoms with Crippen LogP contribution in [0, 0.1) is 6.92 Å². The average Bonchev–Trinajstić information content (AvgIpc) is 3.44. The first-order valence-corrected chi connectivity index (χ1v) is 12.9. The molecule has 0 saturated carbocycles. The van der Waals surface area contributed by atoms with Gasteiger partial charge in [-0.2, -0.15) is 37.1 Å². The molecule has 0 aliphatic carbocycles. The summed E-state index contributed by atoms with van der Waals surface area (Å²) >= 11 is 0. The smallest absolute Gasteiger partial charge is 0.493 e. The Kier molecular flexibility index (Phi) is 8.15. The normalized spacial score (nSPS) is 20.3. The summed E-state index contributed by atoms with van der Waals surface area (Å²) in [5.41, 5.74) is 4.44. The fraction of sp³-hybridized carbons (Fsp3) is 0.385. The van der Waals surface area contributed by atoms with Crippen molar-refractivity contribution in [1.29, 1.82) is 0 Å². The molecule has 2 fully saturated rings. The SMILES string of the molecule is COc1cc(N=C2NN3CCCCC(c4ccc(OC(F)F)cc4)C3N2OC(=O)C(F)(F)F)ccc1-n1cnc(C)n1. The maximum atomic E-state index is 13.4.